The maximum atomic E-state index is 12.0. The molecule has 2 N–H and O–H groups in total. The first-order valence-electron chi connectivity index (χ1n) is 7.40. The van der Waals surface area contributed by atoms with E-state index < -0.39 is 5.60 Å². The van der Waals surface area contributed by atoms with E-state index in [-0.39, 0.29) is 23.7 Å². The van der Waals surface area contributed by atoms with Crippen molar-refractivity contribution in [2.24, 2.45) is 0 Å². The first-order chi connectivity index (χ1) is 10.7. The van der Waals surface area contributed by atoms with Crippen molar-refractivity contribution >= 4 is 17.7 Å². The minimum atomic E-state index is -1.23. The highest BCUT2D eigenvalue weighted by atomic mass is 32.2. The predicted octanol–water partition coefficient (Wildman–Crippen LogP) is 2.35. The Balaban J connectivity index is 1.86. The highest BCUT2D eigenvalue weighted by Crippen LogP contribution is 2.24. The summed E-state index contributed by atoms with van der Waals surface area (Å²) >= 11 is 1.37. The quantitative estimate of drug-likeness (QED) is 0.791. The van der Waals surface area contributed by atoms with Gasteiger partial charge in [-0.2, -0.15) is 0 Å². The van der Waals surface area contributed by atoms with Crippen LogP contribution in [0.5, 0.6) is 0 Å². The smallest absolute Gasteiger partial charge is 0.230 e. The number of nitrogens with zero attached hydrogens (tertiary/aromatic N) is 2. The summed E-state index contributed by atoms with van der Waals surface area (Å²) in [6.45, 7) is 7.94. The van der Waals surface area contributed by atoms with Crippen LogP contribution in [0, 0.1) is 0 Å². The highest BCUT2D eigenvalue weighted by Gasteiger charge is 2.27. The molecule has 0 aliphatic heterocycles. The summed E-state index contributed by atoms with van der Waals surface area (Å²) in [5.41, 5.74) is -1.31. The van der Waals surface area contributed by atoms with Crippen LogP contribution in [0.15, 0.2) is 40.4 Å². The lowest BCUT2D eigenvalue weighted by Gasteiger charge is -2.23. The second-order valence-electron chi connectivity index (χ2n) is 6.57. The van der Waals surface area contributed by atoms with E-state index in [0.717, 1.165) is 5.16 Å². The van der Waals surface area contributed by atoms with Crippen molar-refractivity contribution in [3.8, 4) is 0 Å². The number of hydrogen-bond donors (Lipinski definition) is 2. The zero-order valence-corrected chi connectivity index (χ0v) is 14.7. The number of furan rings is 1. The molecular formula is C16H23N3O3S. The first kappa shape index (κ1) is 17.6. The fourth-order valence-corrected chi connectivity index (χ4v) is 3.00. The molecule has 7 heteroatoms. The monoisotopic (exact) mass is 337 g/mol. The Morgan fingerprint density at radius 3 is 2.78 bits per heavy atom. The topological polar surface area (TPSA) is 80.3 Å². The van der Waals surface area contributed by atoms with Gasteiger partial charge in [-0.25, -0.2) is 4.98 Å². The van der Waals surface area contributed by atoms with Crippen LogP contribution >= 0.6 is 11.8 Å². The maximum Gasteiger partial charge on any atom is 0.230 e. The molecule has 2 aromatic heterocycles. The van der Waals surface area contributed by atoms with Crippen LogP contribution in [0.3, 0.4) is 0 Å². The van der Waals surface area contributed by atoms with Gasteiger partial charge in [0.1, 0.15) is 11.4 Å². The van der Waals surface area contributed by atoms with Crippen LogP contribution in [0.1, 0.15) is 33.5 Å². The van der Waals surface area contributed by atoms with Crippen molar-refractivity contribution in [2.75, 3.05) is 12.3 Å². The molecule has 0 bridgehead atoms. The molecule has 0 aliphatic carbocycles. The minimum Gasteiger partial charge on any atom is -0.466 e. The molecule has 0 fully saturated rings. The molecular weight excluding hydrogens is 314 g/mol. The van der Waals surface area contributed by atoms with Gasteiger partial charge in [0.25, 0.3) is 0 Å². The zero-order chi connectivity index (χ0) is 17.1. The van der Waals surface area contributed by atoms with Crippen LogP contribution in [-0.4, -0.2) is 32.9 Å². The molecule has 0 saturated heterocycles. The molecule has 6 nitrogen and oxygen atoms in total. The molecule has 0 aliphatic rings. The molecule has 1 unspecified atom stereocenters. The number of imidazole rings is 1. The fourth-order valence-electron chi connectivity index (χ4n) is 2.03. The molecule has 126 valence electrons. The second kappa shape index (κ2) is 6.80. The van der Waals surface area contributed by atoms with E-state index >= 15 is 0 Å². The predicted molar refractivity (Wildman–Crippen MR) is 89.2 cm³/mol. The van der Waals surface area contributed by atoms with Crippen LogP contribution in [0.2, 0.25) is 0 Å². The van der Waals surface area contributed by atoms with Crippen LogP contribution in [0.4, 0.5) is 0 Å². The zero-order valence-electron chi connectivity index (χ0n) is 13.9. The Hall–Kier alpha value is -1.73. The van der Waals surface area contributed by atoms with Crippen molar-refractivity contribution in [1.82, 2.24) is 14.9 Å². The summed E-state index contributed by atoms with van der Waals surface area (Å²) in [7, 11) is 0. The molecule has 0 aromatic carbocycles. The molecule has 2 heterocycles. The van der Waals surface area contributed by atoms with Gasteiger partial charge in [0, 0.05) is 17.9 Å². The van der Waals surface area contributed by atoms with Gasteiger partial charge in [0.15, 0.2) is 5.16 Å². The lowest BCUT2D eigenvalue weighted by atomic mass is 10.0. The van der Waals surface area contributed by atoms with Gasteiger partial charge >= 0.3 is 0 Å². The van der Waals surface area contributed by atoms with Gasteiger partial charge in [-0.05, 0) is 39.8 Å². The summed E-state index contributed by atoms with van der Waals surface area (Å²) in [5, 5.41) is 13.8. The largest absolute Gasteiger partial charge is 0.466 e. The van der Waals surface area contributed by atoms with E-state index in [1.807, 2.05) is 10.8 Å². The van der Waals surface area contributed by atoms with Gasteiger partial charge in [-0.1, -0.05) is 11.8 Å². The van der Waals surface area contributed by atoms with Crippen LogP contribution in [0.25, 0.3) is 0 Å². The Morgan fingerprint density at radius 1 is 1.43 bits per heavy atom. The first-order valence-corrected chi connectivity index (χ1v) is 8.38. The van der Waals surface area contributed by atoms with E-state index in [0.29, 0.717) is 5.76 Å². The Kier molecular flexibility index (Phi) is 5.21. The van der Waals surface area contributed by atoms with E-state index in [9.17, 15) is 9.90 Å². The molecule has 23 heavy (non-hydrogen) atoms. The number of aliphatic hydroxyl groups is 1. The lowest BCUT2D eigenvalue weighted by molar-refractivity contribution is -0.119. The third-order valence-electron chi connectivity index (χ3n) is 3.34. The van der Waals surface area contributed by atoms with Crippen molar-refractivity contribution in [2.45, 2.75) is 44.0 Å². The van der Waals surface area contributed by atoms with Crippen molar-refractivity contribution < 1.29 is 14.3 Å². The van der Waals surface area contributed by atoms with Crippen molar-refractivity contribution in [3.05, 3.63) is 36.5 Å². The summed E-state index contributed by atoms with van der Waals surface area (Å²) in [6.07, 6.45) is 5.13. The lowest BCUT2D eigenvalue weighted by Crippen LogP contribution is -2.39. The molecule has 0 radical (unpaired) electrons. The molecule has 1 atom stereocenters. The summed E-state index contributed by atoms with van der Waals surface area (Å²) in [5.74, 6) is 0.500. The van der Waals surface area contributed by atoms with Crippen molar-refractivity contribution in [1.29, 1.82) is 0 Å². The standard InChI is InChI=1S/C16H23N3O3S/c1-15(2,3)19-8-7-17-14(19)23-10-13(20)18-11-16(4,21)12-6-5-9-22-12/h5-9,21H,10-11H2,1-4H3,(H,18,20). The van der Waals surface area contributed by atoms with Crippen molar-refractivity contribution in [3.63, 3.8) is 0 Å². The Labute approximate surface area is 140 Å². The SMILES string of the molecule is CC(O)(CNC(=O)CSc1nccn1C(C)(C)C)c1ccco1. The molecule has 1 amide bonds. The third kappa shape index (κ3) is 4.62. The van der Waals surface area contributed by atoms with Crippen LogP contribution in [-0.2, 0) is 15.9 Å². The number of carbonyl (C=O) groups excluding carboxylic acids is 1. The summed E-state index contributed by atoms with van der Waals surface area (Å²) < 4.78 is 7.21. The Morgan fingerprint density at radius 2 is 2.17 bits per heavy atom. The summed E-state index contributed by atoms with van der Waals surface area (Å²) in [6, 6.07) is 3.38. The number of amides is 1. The minimum absolute atomic E-state index is 0.0851. The van der Waals surface area contributed by atoms with Gasteiger partial charge in [0.05, 0.1) is 18.6 Å². The average Bonchev–Trinajstić information content (AvgIpc) is 3.12. The number of thioether (sulfide) groups is 1. The van der Waals surface area contributed by atoms with E-state index in [4.69, 9.17) is 4.42 Å². The summed E-state index contributed by atoms with van der Waals surface area (Å²) in [4.78, 5) is 16.3. The second-order valence-corrected chi connectivity index (χ2v) is 7.51. The molecule has 0 saturated carbocycles. The Bertz CT molecular complexity index is 642. The normalized spacial score (nSPS) is 14.5. The molecule has 0 spiro atoms. The van der Waals surface area contributed by atoms with E-state index in [1.54, 1.807) is 25.3 Å². The van der Waals surface area contributed by atoms with E-state index in [1.165, 1.54) is 18.0 Å². The fraction of sp³-hybridized carbons (Fsp3) is 0.500. The number of hydrogen-bond acceptors (Lipinski definition) is 5. The number of aromatic nitrogens is 2. The van der Waals surface area contributed by atoms with E-state index in [2.05, 4.69) is 31.1 Å². The van der Waals surface area contributed by atoms with Gasteiger partial charge in [-0.3, -0.25) is 4.79 Å². The average molecular weight is 337 g/mol. The number of rotatable bonds is 6. The number of carbonyl (C=O) groups is 1. The molecule has 2 aromatic rings. The number of nitrogens with one attached hydrogen (secondary N) is 1. The maximum absolute atomic E-state index is 12.0. The molecule has 2 rings (SSSR count). The highest BCUT2D eigenvalue weighted by molar-refractivity contribution is 7.99. The third-order valence-corrected chi connectivity index (χ3v) is 4.31. The van der Waals surface area contributed by atoms with Gasteiger partial charge in [-0.15, -0.1) is 0 Å². The van der Waals surface area contributed by atoms with Gasteiger partial charge in [0.2, 0.25) is 5.91 Å². The van der Waals surface area contributed by atoms with Crippen LogP contribution < -0.4 is 5.32 Å². The van der Waals surface area contributed by atoms with Gasteiger partial charge < -0.3 is 19.4 Å².